The van der Waals surface area contributed by atoms with Crippen LogP contribution in [0.3, 0.4) is 0 Å². The number of carbonyl (C=O) groups excluding carboxylic acids is 1. The number of phenols is 1. The van der Waals surface area contributed by atoms with Crippen LogP contribution in [0.2, 0.25) is 0 Å². The van der Waals surface area contributed by atoms with E-state index in [0.29, 0.717) is 11.3 Å². The van der Waals surface area contributed by atoms with Crippen molar-refractivity contribution in [2.24, 2.45) is 5.10 Å². The molecule has 108 valence electrons. The van der Waals surface area contributed by atoms with Crippen LogP contribution in [-0.4, -0.2) is 24.3 Å². The summed E-state index contributed by atoms with van der Waals surface area (Å²) >= 11 is 0. The maximum absolute atomic E-state index is 11.7. The molecular formula is C16H16N2O3. The number of methoxy groups -OCH3 is 1. The Morgan fingerprint density at radius 3 is 2.76 bits per heavy atom. The Kier molecular flexibility index (Phi) is 4.93. The monoisotopic (exact) mass is 284 g/mol. The van der Waals surface area contributed by atoms with Gasteiger partial charge in [-0.15, -0.1) is 0 Å². The van der Waals surface area contributed by atoms with Crippen molar-refractivity contribution in [1.29, 1.82) is 0 Å². The second-order valence-corrected chi connectivity index (χ2v) is 4.38. The van der Waals surface area contributed by atoms with Crippen LogP contribution in [0.15, 0.2) is 53.6 Å². The average Bonchev–Trinajstić information content (AvgIpc) is 2.49. The zero-order valence-electron chi connectivity index (χ0n) is 11.6. The van der Waals surface area contributed by atoms with Gasteiger partial charge in [-0.25, -0.2) is 5.43 Å². The molecule has 0 atom stereocenters. The van der Waals surface area contributed by atoms with Crippen LogP contribution in [0.4, 0.5) is 0 Å². The van der Waals surface area contributed by atoms with Crippen molar-refractivity contribution >= 4 is 12.1 Å². The molecule has 0 fully saturated rings. The van der Waals surface area contributed by atoms with Crippen LogP contribution in [0.1, 0.15) is 11.1 Å². The molecule has 0 spiro atoms. The largest absolute Gasteiger partial charge is 0.508 e. The zero-order chi connectivity index (χ0) is 15.1. The first-order chi connectivity index (χ1) is 10.2. The summed E-state index contributed by atoms with van der Waals surface area (Å²) in [5.74, 6) is 0.392. The normalized spacial score (nSPS) is 10.5. The number of phenolic OH excluding ortho intramolecular Hbond substituents is 1. The van der Waals surface area contributed by atoms with E-state index in [2.05, 4.69) is 10.5 Å². The molecule has 0 aliphatic rings. The lowest BCUT2D eigenvalue weighted by Gasteiger charge is -2.04. The van der Waals surface area contributed by atoms with E-state index in [1.165, 1.54) is 25.5 Å². The third-order valence-corrected chi connectivity index (χ3v) is 2.82. The van der Waals surface area contributed by atoms with Gasteiger partial charge in [0, 0.05) is 11.6 Å². The van der Waals surface area contributed by atoms with Crippen LogP contribution >= 0.6 is 0 Å². The molecule has 0 unspecified atom stereocenters. The quantitative estimate of drug-likeness (QED) is 0.652. The Morgan fingerprint density at radius 1 is 1.29 bits per heavy atom. The van der Waals surface area contributed by atoms with E-state index in [9.17, 15) is 9.90 Å². The van der Waals surface area contributed by atoms with Crippen LogP contribution in [0.25, 0.3) is 0 Å². The van der Waals surface area contributed by atoms with Gasteiger partial charge in [-0.05, 0) is 17.7 Å². The Bertz CT molecular complexity index is 639. The van der Waals surface area contributed by atoms with Crippen LogP contribution < -0.4 is 10.2 Å². The minimum absolute atomic E-state index is 0.108. The number of carbonyl (C=O) groups is 1. The van der Waals surface area contributed by atoms with Gasteiger partial charge in [-0.1, -0.05) is 30.3 Å². The molecule has 2 rings (SSSR count). The summed E-state index contributed by atoms with van der Waals surface area (Å²) in [7, 11) is 1.50. The van der Waals surface area contributed by atoms with Gasteiger partial charge in [0.25, 0.3) is 0 Å². The predicted octanol–water partition coefficient (Wildman–Crippen LogP) is 2.09. The van der Waals surface area contributed by atoms with Gasteiger partial charge in [-0.3, -0.25) is 4.79 Å². The van der Waals surface area contributed by atoms with Crippen molar-refractivity contribution in [3.63, 3.8) is 0 Å². The molecule has 0 heterocycles. The lowest BCUT2D eigenvalue weighted by molar-refractivity contribution is -0.120. The van der Waals surface area contributed by atoms with Gasteiger partial charge in [0.2, 0.25) is 5.91 Å². The fraction of sp³-hybridized carbons (Fsp3) is 0.125. The van der Waals surface area contributed by atoms with Crippen LogP contribution in [0.5, 0.6) is 11.5 Å². The fourth-order valence-electron chi connectivity index (χ4n) is 1.80. The van der Waals surface area contributed by atoms with Crippen molar-refractivity contribution in [3.05, 3.63) is 59.7 Å². The van der Waals surface area contributed by atoms with E-state index < -0.39 is 0 Å². The van der Waals surface area contributed by atoms with Crippen molar-refractivity contribution in [2.75, 3.05) is 7.11 Å². The summed E-state index contributed by atoms with van der Waals surface area (Å²) < 4.78 is 5.12. The highest BCUT2D eigenvalue weighted by molar-refractivity contribution is 5.86. The SMILES string of the molecule is COc1cc(O)ccc1/C=N/NC(=O)Cc1ccccc1. The molecule has 0 saturated carbocycles. The minimum Gasteiger partial charge on any atom is -0.508 e. The van der Waals surface area contributed by atoms with Gasteiger partial charge in [0.05, 0.1) is 19.7 Å². The summed E-state index contributed by atoms with van der Waals surface area (Å²) in [6.07, 6.45) is 1.74. The van der Waals surface area contributed by atoms with E-state index >= 15 is 0 Å². The number of nitrogens with zero attached hydrogens (tertiary/aromatic N) is 1. The summed E-state index contributed by atoms with van der Waals surface area (Å²) in [4.78, 5) is 11.7. The Hall–Kier alpha value is -2.82. The molecule has 0 aliphatic heterocycles. The summed E-state index contributed by atoms with van der Waals surface area (Å²) in [5.41, 5.74) is 4.04. The third kappa shape index (κ3) is 4.35. The van der Waals surface area contributed by atoms with Gasteiger partial charge in [0.15, 0.2) is 0 Å². The minimum atomic E-state index is -0.199. The molecule has 0 aliphatic carbocycles. The number of hydrogen-bond acceptors (Lipinski definition) is 4. The van der Waals surface area contributed by atoms with Gasteiger partial charge in [0.1, 0.15) is 11.5 Å². The molecule has 21 heavy (non-hydrogen) atoms. The van der Waals surface area contributed by atoms with E-state index in [1.54, 1.807) is 6.07 Å². The van der Waals surface area contributed by atoms with Crippen molar-refractivity contribution in [1.82, 2.24) is 5.43 Å². The number of benzene rings is 2. The maximum Gasteiger partial charge on any atom is 0.244 e. The van der Waals surface area contributed by atoms with E-state index in [4.69, 9.17) is 4.74 Å². The first kappa shape index (κ1) is 14.6. The molecule has 5 heteroatoms. The topological polar surface area (TPSA) is 70.9 Å². The van der Waals surface area contributed by atoms with Gasteiger partial charge < -0.3 is 9.84 Å². The molecule has 2 aromatic rings. The predicted molar refractivity (Wildman–Crippen MR) is 80.5 cm³/mol. The third-order valence-electron chi connectivity index (χ3n) is 2.82. The lowest BCUT2D eigenvalue weighted by atomic mass is 10.1. The number of rotatable bonds is 5. The highest BCUT2D eigenvalue weighted by Gasteiger charge is 2.03. The number of ether oxygens (including phenoxy) is 1. The Morgan fingerprint density at radius 2 is 2.05 bits per heavy atom. The average molecular weight is 284 g/mol. The number of hydrazone groups is 1. The van der Waals surface area contributed by atoms with Gasteiger partial charge in [-0.2, -0.15) is 5.10 Å². The molecular weight excluding hydrogens is 268 g/mol. The molecule has 2 aromatic carbocycles. The summed E-state index contributed by atoms with van der Waals surface area (Å²) in [5, 5.41) is 13.2. The molecule has 0 radical (unpaired) electrons. The van der Waals surface area contributed by atoms with Crippen LogP contribution in [0, 0.1) is 0 Å². The summed E-state index contributed by atoms with van der Waals surface area (Å²) in [6, 6.07) is 14.1. The molecule has 0 saturated heterocycles. The molecule has 1 amide bonds. The van der Waals surface area contributed by atoms with Crippen LogP contribution in [-0.2, 0) is 11.2 Å². The molecule has 0 aromatic heterocycles. The number of nitrogens with one attached hydrogen (secondary N) is 1. The standard InChI is InChI=1S/C16H16N2O3/c1-21-15-10-14(19)8-7-13(15)11-17-18-16(20)9-12-5-3-2-4-6-12/h2-8,10-11,19H,9H2,1H3,(H,18,20)/b17-11+. The zero-order valence-corrected chi connectivity index (χ0v) is 11.6. The first-order valence-corrected chi connectivity index (χ1v) is 6.42. The van der Waals surface area contributed by atoms with E-state index in [-0.39, 0.29) is 18.1 Å². The second kappa shape index (κ2) is 7.09. The second-order valence-electron chi connectivity index (χ2n) is 4.38. The molecule has 2 N–H and O–H groups in total. The van der Waals surface area contributed by atoms with Gasteiger partial charge >= 0.3 is 0 Å². The van der Waals surface area contributed by atoms with E-state index in [1.807, 2.05) is 30.3 Å². The Labute approximate surface area is 122 Å². The fourth-order valence-corrected chi connectivity index (χ4v) is 1.80. The highest BCUT2D eigenvalue weighted by atomic mass is 16.5. The number of aromatic hydroxyl groups is 1. The molecule has 5 nitrogen and oxygen atoms in total. The smallest absolute Gasteiger partial charge is 0.244 e. The first-order valence-electron chi connectivity index (χ1n) is 6.42. The highest BCUT2D eigenvalue weighted by Crippen LogP contribution is 2.21. The maximum atomic E-state index is 11.7. The van der Waals surface area contributed by atoms with Crippen molar-refractivity contribution in [2.45, 2.75) is 6.42 Å². The number of hydrogen-bond donors (Lipinski definition) is 2. The summed E-state index contributed by atoms with van der Waals surface area (Å²) in [6.45, 7) is 0. The Balaban J connectivity index is 1.95. The lowest BCUT2D eigenvalue weighted by Crippen LogP contribution is -2.19. The molecule has 0 bridgehead atoms. The number of amides is 1. The van der Waals surface area contributed by atoms with E-state index in [0.717, 1.165) is 5.56 Å². The van der Waals surface area contributed by atoms with Crippen molar-refractivity contribution in [3.8, 4) is 11.5 Å². The van der Waals surface area contributed by atoms with Crippen molar-refractivity contribution < 1.29 is 14.6 Å².